The first-order valence-corrected chi connectivity index (χ1v) is 8.23. The van der Waals surface area contributed by atoms with E-state index in [0.29, 0.717) is 5.02 Å². The first kappa shape index (κ1) is 15.8. The summed E-state index contributed by atoms with van der Waals surface area (Å²) in [6.45, 7) is 1.87. The van der Waals surface area contributed by atoms with Crippen molar-refractivity contribution < 1.29 is 4.79 Å². The average Bonchev–Trinajstić information content (AvgIpc) is 2.92. The van der Waals surface area contributed by atoms with Crippen LogP contribution >= 0.6 is 23.4 Å². The molecule has 0 radical (unpaired) electrons. The van der Waals surface area contributed by atoms with Gasteiger partial charge in [-0.2, -0.15) is 5.10 Å². The van der Waals surface area contributed by atoms with Crippen LogP contribution in [0.25, 0.3) is 11.0 Å². The molecule has 0 aliphatic heterocycles. The summed E-state index contributed by atoms with van der Waals surface area (Å²) in [6.07, 6.45) is 3.18. The van der Waals surface area contributed by atoms with E-state index in [1.54, 1.807) is 16.9 Å². The molecule has 0 aliphatic carbocycles. The van der Waals surface area contributed by atoms with Crippen molar-refractivity contribution in [1.82, 2.24) is 19.7 Å². The maximum atomic E-state index is 12.2. The van der Waals surface area contributed by atoms with Crippen LogP contribution in [0.3, 0.4) is 0 Å². The number of benzene rings is 1. The van der Waals surface area contributed by atoms with Crippen LogP contribution in [0, 0.1) is 6.92 Å². The summed E-state index contributed by atoms with van der Waals surface area (Å²) in [5.74, 6) is 0.128. The van der Waals surface area contributed by atoms with Crippen LogP contribution in [0.15, 0.2) is 35.7 Å². The van der Waals surface area contributed by atoms with Gasteiger partial charge >= 0.3 is 0 Å². The molecule has 3 rings (SSSR count). The van der Waals surface area contributed by atoms with E-state index in [4.69, 9.17) is 11.6 Å². The molecular weight excluding hydrogens is 334 g/mol. The van der Waals surface area contributed by atoms with Gasteiger partial charge in [0.2, 0.25) is 5.91 Å². The Labute approximate surface area is 142 Å². The number of aromatic nitrogens is 4. The fourth-order valence-electron chi connectivity index (χ4n) is 2.12. The van der Waals surface area contributed by atoms with Crippen LogP contribution < -0.4 is 5.32 Å². The lowest BCUT2D eigenvalue weighted by Gasteiger charge is -2.09. The van der Waals surface area contributed by atoms with Crippen LogP contribution in [-0.4, -0.2) is 31.4 Å². The van der Waals surface area contributed by atoms with E-state index in [1.807, 2.05) is 26.1 Å². The molecular formula is C15H14ClN5OS. The van der Waals surface area contributed by atoms with E-state index in [9.17, 15) is 4.79 Å². The highest BCUT2D eigenvalue weighted by Crippen LogP contribution is 2.25. The molecule has 0 saturated heterocycles. The number of hydrogen-bond donors (Lipinski definition) is 1. The van der Waals surface area contributed by atoms with Gasteiger partial charge in [0, 0.05) is 17.8 Å². The number of nitrogens with zero attached hydrogens (tertiary/aromatic N) is 4. The lowest BCUT2D eigenvalue weighted by Crippen LogP contribution is -2.15. The van der Waals surface area contributed by atoms with Crippen molar-refractivity contribution in [3.63, 3.8) is 0 Å². The third kappa shape index (κ3) is 3.30. The SMILES string of the molecule is Cc1c(Cl)cccc1NC(=O)CSc1ncnc2c1cnn2C. The molecule has 1 amide bonds. The van der Waals surface area contributed by atoms with E-state index >= 15 is 0 Å². The Hall–Kier alpha value is -2.12. The normalized spacial score (nSPS) is 10.9. The number of carbonyl (C=O) groups is 1. The summed E-state index contributed by atoms with van der Waals surface area (Å²) in [4.78, 5) is 20.6. The quantitative estimate of drug-likeness (QED) is 0.580. The Morgan fingerprint density at radius 1 is 1.39 bits per heavy atom. The fraction of sp³-hybridized carbons (Fsp3) is 0.200. The van der Waals surface area contributed by atoms with Crippen molar-refractivity contribution in [2.75, 3.05) is 11.1 Å². The predicted molar refractivity (Wildman–Crippen MR) is 91.8 cm³/mol. The third-order valence-corrected chi connectivity index (χ3v) is 4.79. The lowest BCUT2D eigenvalue weighted by atomic mass is 10.2. The molecule has 0 saturated carbocycles. The van der Waals surface area contributed by atoms with Gasteiger partial charge in [-0.15, -0.1) is 0 Å². The van der Waals surface area contributed by atoms with Crippen LogP contribution in [-0.2, 0) is 11.8 Å². The topological polar surface area (TPSA) is 72.7 Å². The Bertz CT molecular complexity index is 879. The van der Waals surface area contributed by atoms with Crippen molar-refractivity contribution in [3.05, 3.63) is 41.3 Å². The first-order valence-electron chi connectivity index (χ1n) is 6.86. The van der Waals surface area contributed by atoms with Gasteiger partial charge in [0.05, 0.1) is 17.3 Å². The third-order valence-electron chi connectivity index (χ3n) is 3.37. The van der Waals surface area contributed by atoms with Crippen LogP contribution in [0.1, 0.15) is 5.56 Å². The second-order valence-electron chi connectivity index (χ2n) is 4.93. The molecule has 0 aliphatic rings. The summed E-state index contributed by atoms with van der Waals surface area (Å²) >= 11 is 7.41. The standard InChI is InChI=1S/C15H14ClN5OS/c1-9-11(16)4-3-5-12(9)20-13(22)7-23-15-10-6-19-21(2)14(10)17-8-18-15/h3-6,8H,7H2,1-2H3,(H,20,22). The van der Waals surface area contributed by atoms with Gasteiger partial charge in [0.15, 0.2) is 5.65 Å². The second kappa shape index (κ2) is 6.55. The zero-order valence-corrected chi connectivity index (χ0v) is 14.1. The summed E-state index contributed by atoms with van der Waals surface area (Å²) in [5.41, 5.74) is 2.31. The molecule has 1 N–H and O–H groups in total. The maximum absolute atomic E-state index is 12.2. The van der Waals surface area contributed by atoms with E-state index in [-0.39, 0.29) is 11.7 Å². The zero-order valence-electron chi connectivity index (χ0n) is 12.6. The van der Waals surface area contributed by atoms with E-state index in [0.717, 1.165) is 27.3 Å². The summed E-state index contributed by atoms with van der Waals surface area (Å²) in [5, 5.41) is 9.23. The Morgan fingerprint density at radius 2 is 2.22 bits per heavy atom. The number of hydrogen-bond acceptors (Lipinski definition) is 5. The Balaban J connectivity index is 1.70. The van der Waals surface area contributed by atoms with Gasteiger partial charge in [-0.05, 0) is 24.6 Å². The molecule has 0 fully saturated rings. The monoisotopic (exact) mass is 347 g/mol. The lowest BCUT2D eigenvalue weighted by molar-refractivity contribution is -0.113. The van der Waals surface area contributed by atoms with E-state index in [2.05, 4.69) is 20.4 Å². The molecule has 0 spiro atoms. The molecule has 8 heteroatoms. The molecule has 23 heavy (non-hydrogen) atoms. The smallest absolute Gasteiger partial charge is 0.234 e. The number of fused-ring (bicyclic) bond motifs is 1. The highest BCUT2D eigenvalue weighted by molar-refractivity contribution is 8.00. The van der Waals surface area contributed by atoms with Gasteiger partial charge in [-0.25, -0.2) is 9.97 Å². The number of halogens is 1. The summed E-state index contributed by atoms with van der Waals surface area (Å²) < 4.78 is 1.68. The minimum Gasteiger partial charge on any atom is -0.325 e. The molecule has 1 aromatic carbocycles. The molecule has 2 heterocycles. The highest BCUT2D eigenvalue weighted by atomic mass is 35.5. The molecule has 6 nitrogen and oxygen atoms in total. The van der Waals surface area contributed by atoms with Crippen molar-refractivity contribution in [1.29, 1.82) is 0 Å². The summed E-state index contributed by atoms with van der Waals surface area (Å²) in [6, 6.07) is 5.43. The van der Waals surface area contributed by atoms with Crippen LogP contribution in [0.5, 0.6) is 0 Å². The molecule has 0 atom stereocenters. The first-order chi connectivity index (χ1) is 11.1. The average molecular weight is 348 g/mol. The largest absolute Gasteiger partial charge is 0.325 e. The van der Waals surface area contributed by atoms with Gasteiger partial charge in [-0.3, -0.25) is 9.48 Å². The van der Waals surface area contributed by atoms with Gasteiger partial charge in [0.25, 0.3) is 0 Å². The highest BCUT2D eigenvalue weighted by Gasteiger charge is 2.11. The number of rotatable bonds is 4. The van der Waals surface area contributed by atoms with Gasteiger partial charge in [-0.1, -0.05) is 29.4 Å². The minimum absolute atomic E-state index is 0.115. The van der Waals surface area contributed by atoms with Crippen molar-refractivity contribution in [2.24, 2.45) is 7.05 Å². The number of aryl methyl sites for hydroxylation is 1. The Kier molecular flexibility index (Phi) is 4.49. The van der Waals surface area contributed by atoms with Gasteiger partial charge in [0.1, 0.15) is 11.4 Å². The zero-order chi connectivity index (χ0) is 16.4. The predicted octanol–water partition coefficient (Wildman–Crippen LogP) is 3.06. The minimum atomic E-state index is -0.115. The molecule has 0 bridgehead atoms. The molecule has 2 aromatic heterocycles. The van der Waals surface area contributed by atoms with Crippen molar-refractivity contribution >= 4 is 46.0 Å². The summed E-state index contributed by atoms with van der Waals surface area (Å²) in [7, 11) is 1.82. The van der Waals surface area contributed by atoms with Crippen molar-refractivity contribution in [3.8, 4) is 0 Å². The number of thioether (sulfide) groups is 1. The van der Waals surface area contributed by atoms with Crippen molar-refractivity contribution in [2.45, 2.75) is 11.9 Å². The number of anilines is 1. The molecule has 3 aromatic rings. The van der Waals surface area contributed by atoms with Crippen LogP contribution in [0.2, 0.25) is 5.02 Å². The molecule has 0 unspecified atom stereocenters. The van der Waals surface area contributed by atoms with E-state index in [1.165, 1.54) is 18.1 Å². The maximum Gasteiger partial charge on any atom is 0.234 e. The van der Waals surface area contributed by atoms with E-state index < -0.39 is 0 Å². The van der Waals surface area contributed by atoms with Crippen LogP contribution in [0.4, 0.5) is 5.69 Å². The second-order valence-corrected chi connectivity index (χ2v) is 6.30. The number of nitrogens with one attached hydrogen (secondary N) is 1. The Morgan fingerprint density at radius 3 is 3.04 bits per heavy atom. The molecule has 118 valence electrons. The van der Waals surface area contributed by atoms with Gasteiger partial charge < -0.3 is 5.32 Å². The number of amides is 1. The fourth-order valence-corrected chi connectivity index (χ4v) is 3.05. The number of carbonyl (C=O) groups excluding carboxylic acids is 1.